The van der Waals surface area contributed by atoms with E-state index in [4.69, 9.17) is 4.74 Å². The van der Waals surface area contributed by atoms with Crippen molar-refractivity contribution < 1.29 is 14.3 Å². The first-order valence-corrected chi connectivity index (χ1v) is 8.68. The lowest BCUT2D eigenvalue weighted by molar-refractivity contribution is -0.125. The van der Waals surface area contributed by atoms with Gasteiger partial charge in [0.15, 0.2) is 6.61 Å². The van der Waals surface area contributed by atoms with Crippen molar-refractivity contribution in [2.45, 2.75) is 20.8 Å². The van der Waals surface area contributed by atoms with Gasteiger partial charge in [0.05, 0.1) is 6.54 Å². The highest BCUT2D eigenvalue weighted by atomic mass is 79.9. The van der Waals surface area contributed by atoms with Crippen LogP contribution in [0.4, 0.5) is 5.69 Å². The number of amides is 2. The molecule has 0 spiro atoms. The summed E-state index contributed by atoms with van der Waals surface area (Å²) < 4.78 is 6.46. The number of benzene rings is 2. The number of hydrogen-bond donors (Lipinski definition) is 2. The summed E-state index contributed by atoms with van der Waals surface area (Å²) in [4.78, 5) is 23.8. The van der Waals surface area contributed by atoms with Crippen molar-refractivity contribution in [3.63, 3.8) is 0 Å². The molecule has 132 valence electrons. The van der Waals surface area contributed by atoms with Crippen molar-refractivity contribution in [1.82, 2.24) is 5.32 Å². The van der Waals surface area contributed by atoms with Gasteiger partial charge in [0, 0.05) is 10.2 Å². The van der Waals surface area contributed by atoms with Crippen LogP contribution in [0.3, 0.4) is 0 Å². The molecular weight excluding hydrogens is 384 g/mol. The van der Waals surface area contributed by atoms with Gasteiger partial charge >= 0.3 is 0 Å². The number of carbonyl (C=O) groups is 2. The average molecular weight is 405 g/mol. The van der Waals surface area contributed by atoms with Crippen molar-refractivity contribution in [3.8, 4) is 5.75 Å². The molecule has 2 amide bonds. The zero-order valence-electron chi connectivity index (χ0n) is 14.5. The van der Waals surface area contributed by atoms with Crippen LogP contribution in [0.15, 0.2) is 40.9 Å². The predicted octanol–water partition coefficient (Wildman–Crippen LogP) is 3.51. The average Bonchev–Trinajstić information content (AvgIpc) is 2.57. The second kappa shape index (κ2) is 8.67. The molecule has 2 aromatic rings. The minimum Gasteiger partial charge on any atom is -0.483 e. The molecule has 0 aliphatic rings. The molecule has 25 heavy (non-hydrogen) atoms. The van der Waals surface area contributed by atoms with E-state index in [0.717, 1.165) is 21.2 Å². The van der Waals surface area contributed by atoms with Gasteiger partial charge in [0.25, 0.3) is 5.91 Å². The molecule has 6 heteroatoms. The highest BCUT2D eigenvalue weighted by Gasteiger charge is 2.09. The molecule has 5 nitrogen and oxygen atoms in total. The molecule has 0 aromatic heterocycles. The lowest BCUT2D eigenvalue weighted by atomic mass is 10.1. The van der Waals surface area contributed by atoms with Gasteiger partial charge in [-0.25, -0.2) is 0 Å². The van der Waals surface area contributed by atoms with Gasteiger partial charge in [-0.1, -0.05) is 28.1 Å². The van der Waals surface area contributed by atoms with Gasteiger partial charge in [-0.05, 0) is 61.7 Å². The summed E-state index contributed by atoms with van der Waals surface area (Å²) in [6, 6.07) is 11.2. The smallest absolute Gasteiger partial charge is 0.258 e. The highest BCUT2D eigenvalue weighted by Crippen LogP contribution is 2.21. The van der Waals surface area contributed by atoms with Gasteiger partial charge in [-0.3, -0.25) is 9.59 Å². The molecule has 0 unspecified atom stereocenters. The summed E-state index contributed by atoms with van der Waals surface area (Å²) in [6.45, 7) is 5.59. The van der Waals surface area contributed by atoms with E-state index in [9.17, 15) is 9.59 Å². The minimum absolute atomic E-state index is 0.107. The molecule has 2 aromatic carbocycles. The molecule has 0 radical (unpaired) electrons. The largest absolute Gasteiger partial charge is 0.483 e. The van der Waals surface area contributed by atoms with E-state index in [0.29, 0.717) is 11.4 Å². The first kappa shape index (κ1) is 19.0. The standard InChI is InChI=1S/C19H21BrN2O3/c1-12-5-4-6-17(14(12)3)25-11-19(24)21-10-18(23)22-16-8-7-15(20)9-13(16)2/h4-9H,10-11H2,1-3H3,(H,21,24)(H,22,23). The fourth-order valence-corrected chi connectivity index (χ4v) is 2.69. The molecule has 2 rings (SSSR count). The van der Waals surface area contributed by atoms with Crippen molar-refractivity contribution in [2.24, 2.45) is 0 Å². The number of carbonyl (C=O) groups excluding carboxylic acids is 2. The second-order valence-corrected chi connectivity index (χ2v) is 6.69. The van der Waals surface area contributed by atoms with Crippen molar-refractivity contribution >= 4 is 33.4 Å². The third-order valence-electron chi connectivity index (χ3n) is 3.82. The van der Waals surface area contributed by atoms with Crippen LogP contribution in [-0.4, -0.2) is 25.0 Å². The summed E-state index contributed by atoms with van der Waals surface area (Å²) >= 11 is 3.37. The maximum absolute atomic E-state index is 11.9. The summed E-state index contributed by atoms with van der Waals surface area (Å²) in [5.41, 5.74) is 3.75. The maximum Gasteiger partial charge on any atom is 0.258 e. The number of rotatable bonds is 6. The third kappa shape index (κ3) is 5.60. The Labute approximate surface area is 155 Å². The van der Waals surface area contributed by atoms with Crippen LogP contribution >= 0.6 is 15.9 Å². The van der Waals surface area contributed by atoms with Crippen molar-refractivity contribution in [1.29, 1.82) is 0 Å². The Kier molecular flexibility index (Phi) is 6.58. The van der Waals surface area contributed by atoms with Crippen molar-refractivity contribution in [3.05, 3.63) is 57.6 Å². The quantitative estimate of drug-likeness (QED) is 0.773. The lowest BCUT2D eigenvalue weighted by Crippen LogP contribution is -2.35. The molecule has 0 heterocycles. The van der Waals surface area contributed by atoms with Gasteiger partial charge in [0.1, 0.15) is 5.75 Å². The number of aryl methyl sites for hydroxylation is 2. The van der Waals surface area contributed by atoms with Crippen LogP contribution in [-0.2, 0) is 9.59 Å². The van der Waals surface area contributed by atoms with Crippen LogP contribution in [0.1, 0.15) is 16.7 Å². The van der Waals surface area contributed by atoms with Crippen LogP contribution in [0.25, 0.3) is 0 Å². The van der Waals surface area contributed by atoms with Gasteiger partial charge in [0.2, 0.25) is 5.91 Å². The molecule has 0 aliphatic heterocycles. The predicted molar refractivity (Wildman–Crippen MR) is 102 cm³/mol. The fraction of sp³-hybridized carbons (Fsp3) is 0.263. The number of halogens is 1. The van der Waals surface area contributed by atoms with E-state index in [2.05, 4.69) is 26.6 Å². The molecule has 0 saturated carbocycles. The number of ether oxygens (including phenoxy) is 1. The normalized spacial score (nSPS) is 10.2. The summed E-state index contributed by atoms with van der Waals surface area (Å²) in [5, 5.41) is 5.32. The van der Waals surface area contributed by atoms with E-state index in [1.165, 1.54) is 0 Å². The Morgan fingerprint density at radius 1 is 1.04 bits per heavy atom. The van der Waals surface area contributed by atoms with Gasteiger partial charge < -0.3 is 15.4 Å². The lowest BCUT2D eigenvalue weighted by Gasteiger charge is -2.12. The number of nitrogens with one attached hydrogen (secondary N) is 2. The SMILES string of the molecule is Cc1cc(Br)ccc1NC(=O)CNC(=O)COc1cccc(C)c1C. The Morgan fingerprint density at radius 2 is 1.80 bits per heavy atom. The first-order chi connectivity index (χ1) is 11.9. The molecule has 2 N–H and O–H groups in total. The van der Waals surface area contributed by atoms with E-state index in [-0.39, 0.29) is 25.0 Å². The van der Waals surface area contributed by atoms with Crippen LogP contribution in [0, 0.1) is 20.8 Å². The first-order valence-electron chi connectivity index (χ1n) is 7.88. The molecule has 0 aliphatic carbocycles. The Hall–Kier alpha value is -2.34. The molecule has 0 saturated heterocycles. The minimum atomic E-state index is -0.344. The van der Waals surface area contributed by atoms with E-state index in [1.807, 2.05) is 57.2 Å². The molecular formula is C19H21BrN2O3. The van der Waals surface area contributed by atoms with E-state index in [1.54, 1.807) is 0 Å². The topological polar surface area (TPSA) is 67.4 Å². The monoisotopic (exact) mass is 404 g/mol. The van der Waals surface area contributed by atoms with Crippen molar-refractivity contribution in [2.75, 3.05) is 18.5 Å². The van der Waals surface area contributed by atoms with Gasteiger partial charge in [-0.2, -0.15) is 0 Å². The van der Waals surface area contributed by atoms with Crippen LogP contribution in [0.2, 0.25) is 0 Å². The Balaban J connectivity index is 1.79. The zero-order chi connectivity index (χ0) is 18.4. The highest BCUT2D eigenvalue weighted by molar-refractivity contribution is 9.10. The summed E-state index contributed by atoms with van der Waals surface area (Å²) in [6.07, 6.45) is 0. The van der Waals surface area contributed by atoms with Gasteiger partial charge in [-0.15, -0.1) is 0 Å². The number of anilines is 1. The van der Waals surface area contributed by atoms with E-state index >= 15 is 0 Å². The zero-order valence-corrected chi connectivity index (χ0v) is 16.1. The molecule has 0 fully saturated rings. The molecule has 0 bridgehead atoms. The third-order valence-corrected chi connectivity index (χ3v) is 4.32. The second-order valence-electron chi connectivity index (χ2n) is 5.77. The Bertz CT molecular complexity index is 790. The molecule has 0 atom stereocenters. The van der Waals surface area contributed by atoms with Crippen LogP contribution in [0.5, 0.6) is 5.75 Å². The fourth-order valence-electron chi connectivity index (χ4n) is 2.22. The van der Waals surface area contributed by atoms with E-state index < -0.39 is 0 Å². The summed E-state index contributed by atoms with van der Waals surface area (Å²) in [7, 11) is 0. The Morgan fingerprint density at radius 3 is 2.52 bits per heavy atom. The number of hydrogen-bond acceptors (Lipinski definition) is 3. The summed E-state index contributed by atoms with van der Waals surface area (Å²) in [5.74, 6) is 0.0409. The maximum atomic E-state index is 11.9. The van der Waals surface area contributed by atoms with Crippen LogP contribution < -0.4 is 15.4 Å².